The quantitative estimate of drug-likeness (QED) is 0.671. The Balaban J connectivity index is 2.32. The van der Waals surface area contributed by atoms with E-state index in [-0.39, 0.29) is 0 Å². The van der Waals surface area contributed by atoms with Gasteiger partial charge in [-0.05, 0) is 36.8 Å². The lowest BCUT2D eigenvalue weighted by Crippen LogP contribution is -1.96. The summed E-state index contributed by atoms with van der Waals surface area (Å²) in [6.07, 6.45) is 0.915. The van der Waals surface area contributed by atoms with Crippen LogP contribution in [0.5, 0.6) is 0 Å². The summed E-state index contributed by atoms with van der Waals surface area (Å²) in [6, 6.07) is 16.1. The van der Waals surface area contributed by atoms with Crippen molar-refractivity contribution in [2.45, 2.75) is 13.3 Å². The van der Waals surface area contributed by atoms with Gasteiger partial charge in [-0.25, -0.2) is 4.68 Å². The zero-order chi connectivity index (χ0) is 12.5. The zero-order valence-electron chi connectivity index (χ0n) is 10.1. The number of hydrogen-bond donors (Lipinski definition) is 0. The molecule has 0 aliphatic rings. The number of aromatic nitrogens is 2. The first-order chi connectivity index (χ1) is 8.79. The number of halogens is 1. The maximum Gasteiger partial charge on any atom is 0.0758 e. The van der Waals surface area contributed by atoms with E-state index >= 15 is 0 Å². The lowest BCUT2D eigenvalue weighted by atomic mass is 10.2. The Morgan fingerprint density at radius 2 is 1.89 bits per heavy atom. The fourth-order valence-electron chi connectivity index (χ4n) is 2.18. The lowest BCUT2D eigenvalue weighted by molar-refractivity contribution is 0.863. The van der Waals surface area contributed by atoms with Gasteiger partial charge in [-0.2, -0.15) is 5.10 Å². The number of para-hydroxylation sites is 1. The highest BCUT2D eigenvalue weighted by Gasteiger charge is 2.10. The van der Waals surface area contributed by atoms with E-state index in [9.17, 15) is 0 Å². The second kappa shape index (κ2) is 4.46. The van der Waals surface area contributed by atoms with Crippen molar-refractivity contribution in [3.63, 3.8) is 0 Å². The van der Waals surface area contributed by atoms with Crippen molar-refractivity contribution in [2.24, 2.45) is 0 Å². The predicted octanol–water partition coefficient (Wildman–Crippen LogP) is 4.24. The molecule has 0 aliphatic carbocycles. The molecule has 3 heteroatoms. The molecule has 0 atom stereocenters. The van der Waals surface area contributed by atoms with Crippen LogP contribution in [-0.2, 0) is 6.42 Å². The van der Waals surface area contributed by atoms with Gasteiger partial charge in [0.15, 0.2) is 0 Å². The van der Waals surface area contributed by atoms with Crippen LogP contribution in [0.25, 0.3) is 16.6 Å². The summed E-state index contributed by atoms with van der Waals surface area (Å²) < 4.78 is 1.96. The minimum atomic E-state index is 0.738. The van der Waals surface area contributed by atoms with Crippen LogP contribution in [0, 0.1) is 0 Å². The SMILES string of the molecule is CCc1nn(-c2ccccc2)c2cc(Cl)ccc12. The number of aryl methyl sites for hydroxylation is 1. The van der Waals surface area contributed by atoms with Crippen LogP contribution in [-0.4, -0.2) is 9.78 Å². The van der Waals surface area contributed by atoms with Crippen LogP contribution in [0.3, 0.4) is 0 Å². The largest absolute Gasteiger partial charge is 0.233 e. The van der Waals surface area contributed by atoms with Gasteiger partial charge >= 0.3 is 0 Å². The topological polar surface area (TPSA) is 17.8 Å². The highest BCUT2D eigenvalue weighted by molar-refractivity contribution is 6.31. The first-order valence-corrected chi connectivity index (χ1v) is 6.40. The minimum Gasteiger partial charge on any atom is -0.233 e. The molecule has 0 amide bonds. The summed E-state index contributed by atoms with van der Waals surface area (Å²) in [5.41, 5.74) is 3.22. The normalized spacial score (nSPS) is 11.0. The van der Waals surface area contributed by atoms with Gasteiger partial charge < -0.3 is 0 Å². The van der Waals surface area contributed by atoms with E-state index in [4.69, 9.17) is 11.6 Å². The molecular weight excluding hydrogens is 244 g/mol. The Morgan fingerprint density at radius 1 is 1.11 bits per heavy atom. The average Bonchev–Trinajstić information content (AvgIpc) is 2.77. The Labute approximate surface area is 111 Å². The second-order valence-corrected chi connectivity index (χ2v) is 4.65. The van der Waals surface area contributed by atoms with Crippen molar-refractivity contribution < 1.29 is 0 Å². The van der Waals surface area contributed by atoms with Crippen molar-refractivity contribution in [3.8, 4) is 5.69 Å². The summed E-state index contributed by atoms with van der Waals surface area (Å²) >= 11 is 6.09. The van der Waals surface area contributed by atoms with Gasteiger partial charge in [-0.3, -0.25) is 0 Å². The molecular formula is C15H13ClN2. The van der Waals surface area contributed by atoms with Gasteiger partial charge in [0, 0.05) is 10.4 Å². The lowest BCUT2D eigenvalue weighted by Gasteiger charge is -2.02. The van der Waals surface area contributed by atoms with Crippen LogP contribution in [0.1, 0.15) is 12.6 Å². The van der Waals surface area contributed by atoms with E-state index in [1.165, 1.54) is 5.39 Å². The van der Waals surface area contributed by atoms with Gasteiger partial charge in [-0.1, -0.05) is 36.7 Å². The number of rotatable bonds is 2. The minimum absolute atomic E-state index is 0.738. The van der Waals surface area contributed by atoms with Gasteiger partial charge in [0.2, 0.25) is 0 Å². The zero-order valence-corrected chi connectivity index (χ0v) is 10.9. The molecule has 3 aromatic rings. The van der Waals surface area contributed by atoms with Crippen molar-refractivity contribution >= 4 is 22.5 Å². The van der Waals surface area contributed by atoms with Crippen molar-refractivity contribution in [1.29, 1.82) is 0 Å². The highest BCUT2D eigenvalue weighted by atomic mass is 35.5. The molecule has 90 valence electrons. The molecule has 3 rings (SSSR count). The van der Waals surface area contributed by atoms with Gasteiger partial charge in [-0.15, -0.1) is 0 Å². The van der Waals surface area contributed by atoms with E-state index in [1.807, 2.05) is 53.2 Å². The van der Waals surface area contributed by atoms with Crippen LogP contribution < -0.4 is 0 Å². The van der Waals surface area contributed by atoms with E-state index < -0.39 is 0 Å². The molecule has 0 spiro atoms. The first kappa shape index (κ1) is 11.3. The average molecular weight is 257 g/mol. The highest BCUT2D eigenvalue weighted by Crippen LogP contribution is 2.25. The third-order valence-corrected chi connectivity index (χ3v) is 3.29. The predicted molar refractivity (Wildman–Crippen MR) is 75.5 cm³/mol. The maximum atomic E-state index is 6.09. The van der Waals surface area contributed by atoms with Gasteiger partial charge in [0.25, 0.3) is 0 Å². The molecule has 1 heterocycles. The van der Waals surface area contributed by atoms with Crippen LogP contribution in [0.2, 0.25) is 5.02 Å². The van der Waals surface area contributed by atoms with E-state index in [1.54, 1.807) is 0 Å². The Bertz CT molecular complexity index is 686. The van der Waals surface area contributed by atoms with E-state index in [0.717, 1.165) is 28.3 Å². The molecule has 0 unspecified atom stereocenters. The standard InChI is InChI=1S/C15H13ClN2/c1-2-14-13-9-8-11(16)10-15(13)18(17-14)12-6-4-3-5-7-12/h3-10H,2H2,1H3. The molecule has 0 bridgehead atoms. The smallest absolute Gasteiger partial charge is 0.0758 e. The number of nitrogens with zero attached hydrogens (tertiary/aromatic N) is 2. The third kappa shape index (κ3) is 1.79. The fraction of sp³-hybridized carbons (Fsp3) is 0.133. The molecule has 1 aromatic heterocycles. The summed E-state index contributed by atoms with van der Waals surface area (Å²) in [4.78, 5) is 0. The molecule has 2 aromatic carbocycles. The Hall–Kier alpha value is -1.80. The van der Waals surface area contributed by atoms with Gasteiger partial charge in [0.1, 0.15) is 0 Å². The van der Waals surface area contributed by atoms with E-state index in [0.29, 0.717) is 0 Å². The summed E-state index contributed by atoms with van der Waals surface area (Å²) in [6.45, 7) is 2.12. The molecule has 0 N–H and O–H groups in total. The van der Waals surface area contributed by atoms with Crippen molar-refractivity contribution in [2.75, 3.05) is 0 Å². The van der Waals surface area contributed by atoms with Crippen molar-refractivity contribution in [3.05, 3.63) is 59.2 Å². The first-order valence-electron chi connectivity index (χ1n) is 6.02. The third-order valence-electron chi connectivity index (χ3n) is 3.06. The monoisotopic (exact) mass is 256 g/mol. The molecule has 0 radical (unpaired) electrons. The van der Waals surface area contributed by atoms with Crippen LogP contribution in [0.15, 0.2) is 48.5 Å². The molecule has 0 aliphatic heterocycles. The number of hydrogen-bond acceptors (Lipinski definition) is 1. The van der Waals surface area contributed by atoms with Crippen molar-refractivity contribution in [1.82, 2.24) is 9.78 Å². The molecule has 0 saturated heterocycles. The Morgan fingerprint density at radius 3 is 2.61 bits per heavy atom. The Kier molecular flexibility index (Phi) is 2.80. The molecule has 18 heavy (non-hydrogen) atoms. The summed E-state index contributed by atoms with van der Waals surface area (Å²) in [5.74, 6) is 0. The van der Waals surface area contributed by atoms with E-state index in [2.05, 4.69) is 12.0 Å². The van der Waals surface area contributed by atoms with Crippen LogP contribution in [0.4, 0.5) is 0 Å². The maximum absolute atomic E-state index is 6.09. The molecule has 0 fully saturated rings. The summed E-state index contributed by atoms with van der Waals surface area (Å²) in [7, 11) is 0. The number of benzene rings is 2. The number of fused-ring (bicyclic) bond motifs is 1. The fourth-order valence-corrected chi connectivity index (χ4v) is 2.35. The molecule has 0 saturated carbocycles. The van der Waals surface area contributed by atoms with Gasteiger partial charge in [0.05, 0.1) is 16.9 Å². The second-order valence-electron chi connectivity index (χ2n) is 4.21. The molecule has 2 nitrogen and oxygen atoms in total. The van der Waals surface area contributed by atoms with Crippen LogP contribution >= 0.6 is 11.6 Å². The summed E-state index contributed by atoms with van der Waals surface area (Å²) in [5, 5.41) is 6.59.